The van der Waals surface area contributed by atoms with Gasteiger partial charge in [0, 0.05) is 29.4 Å². The molecule has 0 fully saturated rings. The van der Waals surface area contributed by atoms with Crippen LogP contribution in [0.25, 0.3) is 6.08 Å². The first-order valence-electron chi connectivity index (χ1n) is 11.0. The third kappa shape index (κ3) is 7.02. The van der Waals surface area contributed by atoms with Gasteiger partial charge in [-0.1, -0.05) is 54.6 Å². The topological polar surface area (TPSA) is 109 Å². The Labute approximate surface area is 207 Å². The van der Waals surface area contributed by atoms with Crippen LogP contribution in [0.15, 0.2) is 91.1 Å². The number of nitrogen functional groups attached to an aromatic ring is 1. The molecule has 7 nitrogen and oxygen atoms in total. The van der Waals surface area contributed by atoms with E-state index >= 15 is 0 Å². The van der Waals surface area contributed by atoms with Crippen molar-refractivity contribution in [2.24, 2.45) is 0 Å². The van der Waals surface area contributed by atoms with E-state index < -0.39 is 0 Å². The Morgan fingerprint density at radius 1 is 0.914 bits per heavy atom. The van der Waals surface area contributed by atoms with Crippen LogP contribution in [0.1, 0.15) is 25.8 Å². The number of hydrogen-bond acceptors (Lipinski definition) is 6. The highest BCUT2D eigenvalue weighted by molar-refractivity contribution is 7.13. The Kier molecular flexibility index (Phi) is 7.88. The van der Waals surface area contributed by atoms with Crippen LogP contribution in [0.3, 0.4) is 0 Å². The number of hydrogen-bond donors (Lipinski definition) is 4. The molecule has 0 aliphatic heterocycles. The van der Waals surface area contributed by atoms with Crippen molar-refractivity contribution in [3.05, 3.63) is 112 Å². The second-order valence-corrected chi connectivity index (χ2v) is 8.80. The van der Waals surface area contributed by atoms with Gasteiger partial charge in [0.25, 0.3) is 5.91 Å². The van der Waals surface area contributed by atoms with Crippen LogP contribution in [0.5, 0.6) is 0 Å². The number of nitrogens with one attached hydrogen (secondary N) is 3. The molecule has 0 aliphatic rings. The van der Waals surface area contributed by atoms with Gasteiger partial charge in [0.1, 0.15) is 0 Å². The van der Waals surface area contributed by atoms with E-state index in [0.717, 1.165) is 21.7 Å². The van der Waals surface area contributed by atoms with E-state index in [4.69, 9.17) is 5.73 Å². The maximum Gasteiger partial charge on any atom is 0.280 e. The fourth-order valence-electron chi connectivity index (χ4n) is 3.20. The molecule has 2 amide bonds. The molecule has 4 aromatic rings. The number of carbonyl (C=O) groups is 2. The van der Waals surface area contributed by atoms with E-state index in [1.807, 2.05) is 66.7 Å². The van der Waals surface area contributed by atoms with Gasteiger partial charge in [-0.2, -0.15) is 0 Å². The van der Waals surface area contributed by atoms with Gasteiger partial charge in [0.15, 0.2) is 5.01 Å². The zero-order valence-corrected chi connectivity index (χ0v) is 19.7. The van der Waals surface area contributed by atoms with Crippen LogP contribution >= 0.6 is 11.3 Å². The van der Waals surface area contributed by atoms with E-state index in [1.165, 1.54) is 17.4 Å². The van der Waals surface area contributed by atoms with Gasteiger partial charge in [0.05, 0.1) is 17.9 Å². The highest BCUT2D eigenvalue weighted by Crippen LogP contribution is 2.17. The molecule has 0 aliphatic carbocycles. The number of amides is 2. The Morgan fingerprint density at radius 3 is 2.43 bits per heavy atom. The molecule has 0 spiro atoms. The van der Waals surface area contributed by atoms with Crippen molar-refractivity contribution >= 4 is 46.3 Å². The van der Waals surface area contributed by atoms with Crippen molar-refractivity contribution in [2.75, 3.05) is 16.4 Å². The fourth-order valence-corrected chi connectivity index (χ4v) is 3.97. The van der Waals surface area contributed by atoms with Crippen molar-refractivity contribution in [3.63, 3.8) is 0 Å². The highest BCUT2D eigenvalue weighted by Gasteiger charge is 2.11. The van der Waals surface area contributed by atoms with Crippen molar-refractivity contribution in [3.8, 4) is 0 Å². The normalized spacial score (nSPS) is 10.7. The molecule has 4 rings (SSSR count). The number of thiazole rings is 1. The largest absolute Gasteiger partial charge is 0.397 e. The lowest BCUT2D eigenvalue weighted by Gasteiger charge is -2.05. The number of anilines is 3. The van der Waals surface area contributed by atoms with Crippen molar-refractivity contribution < 1.29 is 9.59 Å². The van der Waals surface area contributed by atoms with Crippen LogP contribution in [0.2, 0.25) is 0 Å². The molecule has 5 N–H and O–H groups in total. The minimum Gasteiger partial charge on any atom is -0.397 e. The summed E-state index contributed by atoms with van der Waals surface area (Å²) in [6, 6.07) is 24.6. The van der Waals surface area contributed by atoms with Gasteiger partial charge in [0.2, 0.25) is 5.91 Å². The van der Waals surface area contributed by atoms with Crippen LogP contribution in [-0.4, -0.2) is 16.8 Å². The molecule has 0 radical (unpaired) electrons. The summed E-state index contributed by atoms with van der Waals surface area (Å²) in [5.74, 6) is -0.470. The van der Waals surface area contributed by atoms with Gasteiger partial charge in [-0.25, -0.2) is 4.98 Å². The molecule has 0 saturated carbocycles. The molecule has 0 atom stereocenters. The van der Waals surface area contributed by atoms with Crippen LogP contribution in [0.4, 0.5) is 17.1 Å². The zero-order valence-electron chi connectivity index (χ0n) is 18.9. The maximum atomic E-state index is 12.5. The van der Waals surface area contributed by atoms with Gasteiger partial charge < -0.3 is 21.7 Å². The molecule has 35 heavy (non-hydrogen) atoms. The Morgan fingerprint density at radius 2 is 1.66 bits per heavy atom. The lowest BCUT2D eigenvalue weighted by molar-refractivity contribution is -0.111. The number of nitrogens with two attached hydrogens (primary N) is 1. The summed E-state index contributed by atoms with van der Waals surface area (Å²) < 4.78 is 0. The van der Waals surface area contributed by atoms with Crippen LogP contribution < -0.4 is 21.7 Å². The fraction of sp³-hybridized carbons (Fsp3) is 0.0741. The van der Waals surface area contributed by atoms with Gasteiger partial charge in [-0.15, -0.1) is 11.3 Å². The molecule has 0 saturated heterocycles. The predicted molar refractivity (Wildman–Crippen MR) is 142 cm³/mol. The number of rotatable bonds is 9. The average Bonchev–Trinajstić information content (AvgIpc) is 3.37. The second kappa shape index (κ2) is 11.6. The number of benzene rings is 3. The molecule has 1 heterocycles. The van der Waals surface area contributed by atoms with Gasteiger partial charge >= 0.3 is 0 Å². The first-order chi connectivity index (χ1) is 17.1. The Hall–Kier alpha value is -4.43. The number of para-hydroxylation sites is 3. The first-order valence-corrected chi connectivity index (χ1v) is 11.8. The second-order valence-electron chi connectivity index (χ2n) is 7.69. The third-order valence-corrected chi connectivity index (χ3v) is 6.06. The lowest BCUT2D eigenvalue weighted by Crippen LogP contribution is -2.22. The molecule has 3 aromatic carbocycles. The summed E-state index contributed by atoms with van der Waals surface area (Å²) >= 11 is 1.37. The van der Waals surface area contributed by atoms with Crippen molar-refractivity contribution in [2.45, 2.75) is 13.1 Å². The van der Waals surface area contributed by atoms with Crippen molar-refractivity contribution in [1.29, 1.82) is 0 Å². The maximum absolute atomic E-state index is 12.5. The predicted octanol–water partition coefficient (Wildman–Crippen LogP) is 4.92. The van der Waals surface area contributed by atoms with Gasteiger partial charge in [-0.3, -0.25) is 9.59 Å². The quantitative estimate of drug-likeness (QED) is 0.200. The molecule has 0 unspecified atom stereocenters. The summed E-state index contributed by atoms with van der Waals surface area (Å²) in [4.78, 5) is 29.8. The van der Waals surface area contributed by atoms with Crippen LogP contribution in [0, 0.1) is 0 Å². The number of aromatic nitrogens is 1. The summed E-state index contributed by atoms with van der Waals surface area (Å²) in [6.45, 7) is 0.995. The summed E-state index contributed by atoms with van der Waals surface area (Å²) in [5, 5.41) is 9.39. The number of nitrogens with zero attached hydrogens (tertiary/aromatic N) is 1. The van der Waals surface area contributed by atoms with Crippen LogP contribution in [-0.2, 0) is 17.9 Å². The minimum atomic E-state index is -0.263. The van der Waals surface area contributed by atoms with E-state index in [9.17, 15) is 9.59 Å². The lowest BCUT2D eigenvalue weighted by atomic mass is 10.1. The van der Waals surface area contributed by atoms with E-state index in [0.29, 0.717) is 29.5 Å². The summed E-state index contributed by atoms with van der Waals surface area (Å²) in [6.07, 6.45) is 4.90. The Bertz CT molecular complexity index is 1320. The SMILES string of the molecule is Nc1ccccc1NC(=O)/C=C/c1ccc(CNC(=O)c2ncc(CNc3ccccc3)s2)cc1. The van der Waals surface area contributed by atoms with E-state index in [-0.39, 0.29) is 11.8 Å². The standard InChI is InChI=1S/C27H25N5O2S/c28-23-8-4-5-9-24(23)32-25(33)15-14-19-10-12-20(13-11-19)16-30-26(34)27-31-18-22(35-27)17-29-21-6-2-1-3-7-21/h1-15,18,29H,16-17,28H2,(H,30,34)(H,32,33)/b15-14+. The average molecular weight is 484 g/mol. The van der Waals surface area contributed by atoms with Crippen molar-refractivity contribution in [1.82, 2.24) is 10.3 Å². The molecule has 8 heteroatoms. The first kappa shape index (κ1) is 23.7. The molecule has 176 valence electrons. The van der Waals surface area contributed by atoms with E-state index in [1.54, 1.807) is 24.4 Å². The molecule has 0 bridgehead atoms. The molecular formula is C27H25N5O2S. The van der Waals surface area contributed by atoms with Gasteiger partial charge in [-0.05, 0) is 41.5 Å². The molecular weight excluding hydrogens is 458 g/mol. The number of carbonyl (C=O) groups excluding carboxylic acids is 2. The summed E-state index contributed by atoms with van der Waals surface area (Å²) in [7, 11) is 0. The minimum absolute atomic E-state index is 0.207. The Balaban J connectivity index is 1.24. The summed E-state index contributed by atoms with van der Waals surface area (Å²) in [5.41, 5.74) is 9.76. The zero-order chi connectivity index (χ0) is 24.5. The monoisotopic (exact) mass is 483 g/mol. The van der Waals surface area contributed by atoms with E-state index in [2.05, 4.69) is 20.9 Å². The molecule has 1 aromatic heterocycles. The third-order valence-electron chi connectivity index (χ3n) is 5.07. The smallest absolute Gasteiger partial charge is 0.280 e. The highest BCUT2D eigenvalue weighted by atomic mass is 32.1.